The summed E-state index contributed by atoms with van der Waals surface area (Å²) >= 11 is 0. The van der Waals surface area contributed by atoms with E-state index in [0.717, 1.165) is 6.42 Å². The molecule has 0 aliphatic carbocycles. The van der Waals surface area contributed by atoms with Crippen molar-refractivity contribution < 1.29 is 0 Å². The largest absolute Gasteiger partial charge is 0.327 e. The number of hydrogen-bond donors (Lipinski definition) is 1. The van der Waals surface area contributed by atoms with E-state index in [1.165, 1.54) is 25.2 Å². The van der Waals surface area contributed by atoms with Gasteiger partial charge in [0.2, 0.25) is 0 Å². The minimum atomic E-state index is 0.202. The molecule has 1 heteroatoms. The number of hydrogen-bond acceptors (Lipinski definition) is 1. The van der Waals surface area contributed by atoms with Crippen molar-refractivity contribution in [1.82, 2.24) is 0 Å². The maximum Gasteiger partial charge on any atom is 0.00955 e. The molecular weight excluding hydrogens is 158 g/mol. The predicted octanol–water partition coefficient (Wildman–Crippen LogP) is 3.53. The van der Waals surface area contributed by atoms with Crippen molar-refractivity contribution in [1.29, 1.82) is 0 Å². The van der Waals surface area contributed by atoms with Crippen LogP contribution < -0.4 is 5.73 Å². The van der Waals surface area contributed by atoms with Gasteiger partial charge in [-0.2, -0.15) is 0 Å². The molecule has 1 unspecified atom stereocenters. The van der Waals surface area contributed by atoms with Crippen molar-refractivity contribution in [3.05, 3.63) is 5.92 Å². The van der Waals surface area contributed by atoms with Crippen LogP contribution in [-0.4, -0.2) is 6.04 Å². The third kappa shape index (κ3) is 4.12. The van der Waals surface area contributed by atoms with E-state index in [4.69, 9.17) is 5.73 Å². The van der Waals surface area contributed by atoms with E-state index in [2.05, 4.69) is 34.6 Å². The average Bonchev–Trinajstić information content (AvgIpc) is 2.04. The van der Waals surface area contributed by atoms with E-state index in [1.807, 2.05) is 0 Å². The lowest BCUT2D eigenvalue weighted by molar-refractivity contribution is 0.286. The lowest BCUT2D eigenvalue weighted by Crippen LogP contribution is -2.40. The molecule has 79 valence electrons. The van der Waals surface area contributed by atoms with Crippen molar-refractivity contribution in [2.45, 2.75) is 66.3 Å². The lowest BCUT2D eigenvalue weighted by atomic mass is 9.73. The second-order valence-corrected chi connectivity index (χ2v) is 4.82. The molecule has 0 saturated heterocycles. The van der Waals surface area contributed by atoms with Gasteiger partial charge in [0.05, 0.1) is 0 Å². The summed E-state index contributed by atoms with van der Waals surface area (Å²) in [4.78, 5) is 0. The van der Waals surface area contributed by atoms with E-state index in [0.29, 0.717) is 6.04 Å². The number of unbranched alkanes of at least 4 members (excludes halogenated alkanes) is 2. The Hall–Kier alpha value is -0.0400. The van der Waals surface area contributed by atoms with Crippen LogP contribution in [0.15, 0.2) is 0 Å². The highest BCUT2D eigenvalue weighted by molar-refractivity contribution is 5.00. The molecule has 0 aliphatic heterocycles. The number of rotatable bonds is 6. The predicted molar refractivity (Wildman–Crippen MR) is 60.5 cm³/mol. The van der Waals surface area contributed by atoms with Gasteiger partial charge in [0.15, 0.2) is 0 Å². The summed E-state index contributed by atoms with van der Waals surface area (Å²) in [5, 5.41) is 0. The zero-order chi connectivity index (χ0) is 10.5. The molecule has 1 atom stereocenters. The first-order valence-corrected chi connectivity index (χ1v) is 5.49. The van der Waals surface area contributed by atoms with Gasteiger partial charge in [0, 0.05) is 6.04 Å². The Labute approximate surface area is 84.1 Å². The molecule has 0 amide bonds. The average molecular weight is 184 g/mol. The van der Waals surface area contributed by atoms with Gasteiger partial charge in [-0.1, -0.05) is 53.9 Å². The maximum absolute atomic E-state index is 6.17. The van der Waals surface area contributed by atoms with Crippen LogP contribution in [0.25, 0.3) is 0 Å². The standard InChI is InChI=1S/C12H26N/c1-6-7-8-9-11(13)12(4,5)10(2)3/h11H,6-9,13H2,1-5H3. The smallest absolute Gasteiger partial charge is 0.00955 e. The highest BCUT2D eigenvalue weighted by Crippen LogP contribution is 2.32. The molecule has 0 aliphatic rings. The molecular formula is C12H26N. The zero-order valence-corrected chi connectivity index (χ0v) is 9.98. The molecule has 0 aromatic rings. The quantitative estimate of drug-likeness (QED) is 0.628. The summed E-state index contributed by atoms with van der Waals surface area (Å²) in [6.07, 6.45) is 5.02. The van der Waals surface area contributed by atoms with Crippen molar-refractivity contribution in [3.63, 3.8) is 0 Å². The second kappa shape index (κ2) is 5.64. The van der Waals surface area contributed by atoms with Gasteiger partial charge >= 0.3 is 0 Å². The van der Waals surface area contributed by atoms with E-state index in [9.17, 15) is 0 Å². The van der Waals surface area contributed by atoms with Crippen LogP contribution in [0, 0.1) is 11.3 Å². The number of nitrogens with two attached hydrogens (primary N) is 1. The Morgan fingerprint density at radius 2 is 1.77 bits per heavy atom. The van der Waals surface area contributed by atoms with Gasteiger partial charge in [-0.05, 0) is 17.8 Å². The normalized spacial score (nSPS) is 15.0. The van der Waals surface area contributed by atoms with E-state index in [-0.39, 0.29) is 5.41 Å². The maximum atomic E-state index is 6.17. The van der Waals surface area contributed by atoms with Crippen LogP contribution >= 0.6 is 0 Å². The molecule has 0 heterocycles. The van der Waals surface area contributed by atoms with Gasteiger partial charge in [-0.15, -0.1) is 0 Å². The summed E-state index contributed by atoms with van der Waals surface area (Å²) in [7, 11) is 0. The SMILES string of the molecule is CCCCCC(N)C(C)(C)[C](C)C. The fourth-order valence-electron chi connectivity index (χ4n) is 1.35. The summed E-state index contributed by atoms with van der Waals surface area (Å²) in [6.45, 7) is 11.1. The van der Waals surface area contributed by atoms with Gasteiger partial charge in [-0.3, -0.25) is 0 Å². The van der Waals surface area contributed by atoms with Gasteiger partial charge in [-0.25, -0.2) is 0 Å². The Morgan fingerprint density at radius 3 is 2.15 bits per heavy atom. The van der Waals surface area contributed by atoms with Crippen LogP contribution in [0.1, 0.15) is 60.3 Å². The molecule has 0 bridgehead atoms. The molecule has 0 rings (SSSR count). The molecule has 0 saturated carbocycles. The first-order valence-electron chi connectivity index (χ1n) is 5.49. The topological polar surface area (TPSA) is 26.0 Å². The monoisotopic (exact) mass is 184 g/mol. The molecule has 13 heavy (non-hydrogen) atoms. The molecule has 2 N–H and O–H groups in total. The summed E-state index contributed by atoms with van der Waals surface area (Å²) in [5.41, 5.74) is 6.37. The van der Waals surface area contributed by atoms with E-state index in [1.54, 1.807) is 0 Å². The van der Waals surface area contributed by atoms with E-state index < -0.39 is 0 Å². The van der Waals surface area contributed by atoms with Gasteiger partial charge in [0.25, 0.3) is 0 Å². The van der Waals surface area contributed by atoms with Crippen LogP contribution in [0.4, 0.5) is 0 Å². The molecule has 0 aromatic carbocycles. The van der Waals surface area contributed by atoms with Gasteiger partial charge in [0.1, 0.15) is 0 Å². The molecule has 1 nitrogen and oxygen atoms in total. The van der Waals surface area contributed by atoms with Crippen molar-refractivity contribution in [2.24, 2.45) is 11.1 Å². The summed E-state index contributed by atoms with van der Waals surface area (Å²) in [5.74, 6) is 1.44. The summed E-state index contributed by atoms with van der Waals surface area (Å²) in [6, 6.07) is 0.323. The van der Waals surface area contributed by atoms with Crippen molar-refractivity contribution >= 4 is 0 Å². The summed E-state index contributed by atoms with van der Waals surface area (Å²) < 4.78 is 0. The third-order valence-corrected chi connectivity index (χ3v) is 3.33. The first kappa shape index (κ1) is 13.0. The van der Waals surface area contributed by atoms with Crippen LogP contribution in [0.3, 0.4) is 0 Å². The highest BCUT2D eigenvalue weighted by Gasteiger charge is 2.29. The fraction of sp³-hybridized carbons (Fsp3) is 0.917. The minimum Gasteiger partial charge on any atom is -0.327 e. The van der Waals surface area contributed by atoms with Gasteiger partial charge < -0.3 is 5.73 Å². The second-order valence-electron chi connectivity index (χ2n) is 4.82. The first-order chi connectivity index (χ1) is 5.92. The van der Waals surface area contributed by atoms with Crippen LogP contribution in [0.2, 0.25) is 0 Å². The lowest BCUT2D eigenvalue weighted by Gasteiger charge is -2.35. The fourth-order valence-corrected chi connectivity index (χ4v) is 1.35. The molecule has 0 aromatic heterocycles. The Kier molecular flexibility index (Phi) is 5.62. The van der Waals surface area contributed by atoms with E-state index >= 15 is 0 Å². The Balaban J connectivity index is 3.87. The Bertz CT molecular complexity index is 127. The van der Waals surface area contributed by atoms with Crippen molar-refractivity contribution in [3.8, 4) is 0 Å². The molecule has 0 fully saturated rings. The highest BCUT2D eigenvalue weighted by atomic mass is 14.7. The third-order valence-electron chi connectivity index (χ3n) is 3.33. The minimum absolute atomic E-state index is 0.202. The van der Waals surface area contributed by atoms with Crippen LogP contribution in [-0.2, 0) is 0 Å². The molecule has 0 spiro atoms. The zero-order valence-electron chi connectivity index (χ0n) is 9.98. The van der Waals surface area contributed by atoms with Crippen molar-refractivity contribution in [2.75, 3.05) is 0 Å². The Morgan fingerprint density at radius 1 is 1.23 bits per heavy atom. The molecule has 1 radical (unpaired) electrons. The van der Waals surface area contributed by atoms with Crippen LogP contribution in [0.5, 0.6) is 0 Å².